The Morgan fingerprint density at radius 2 is 2.16 bits per heavy atom. The smallest absolute Gasteiger partial charge is 0.261 e. The number of carbonyl (C=O) groups excluding carboxylic acids is 2. The maximum atomic E-state index is 11.6. The quantitative estimate of drug-likeness (QED) is 0.657. The highest BCUT2D eigenvalue weighted by Gasteiger charge is 2.18. The molecule has 3 N–H and O–H groups in total. The van der Waals surface area contributed by atoms with Gasteiger partial charge in [0.05, 0.1) is 17.0 Å². The van der Waals surface area contributed by atoms with Crippen LogP contribution in [-0.2, 0) is 4.79 Å². The molecule has 0 aliphatic heterocycles. The van der Waals surface area contributed by atoms with E-state index in [1.54, 1.807) is 19.9 Å². The Morgan fingerprint density at radius 3 is 2.74 bits per heavy atom. The molecule has 0 saturated carbocycles. The van der Waals surface area contributed by atoms with Crippen molar-refractivity contribution in [2.45, 2.75) is 32.2 Å². The molecule has 2 amide bonds. The molecule has 19 heavy (non-hydrogen) atoms. The minimum atomic E-state index is -0.600. The van der Waals surface area contributed by atoms with E-state index in [2.05, 4.69) is 10.6 Å². The number of carbonyl (C=O) groups is 2. The van der Waals surface area contributed by atoms with Gasteiger partial charge in [0.1, 0.15) is 0 Å². The van der Waals surface area contributed by atoms with E-state index in [9.17, 15) is 9.59 Å². The van der Waals surface area contributed by atoms with Crippen molar-refractivity contribution < 1.29 is 14.7 Å². The van der Waals surface area contributed by atoms with Crippen molar-refractivity contribution in [3.8, 4) is 0 Å². The molecule has 0 saturated heterocycles. The zero-order valence-corrected chi connectivity index (χ0v) is 12.0. The van der Waals surface area contributed by atoms with E-state index in [1.165, 1.54) is 11.3 Å². The van der Waals surface area contributed by atoms with Gasteiger partial charge in [0.15, 0.2) is 0 Å². The number of amides is 2. The van der Waals surface area contributed by atoms with Crippen LogP contribution in [0.5, 0.6) is 0 Å². The van der Waals surface area contributed by atoms with Gasteiger partial charge >= 0.3 is 0 Å². The number of thiophene rings is 1. The van der Waals surface area contributed by atoms with Crippen LogP contribution in [0.25, 0.3) is 0 Å². The second kappa shape index (κ2) is 7.25. The van der Waals surface area contributed by atoms with E-state index in [0.29, 0.717) is 24.3 Å². The number of aliphatic hydroxyl groups is 1. The molecule has 0 unspecified atom stereocenters. The summed E-state index contributed by atoms with van der Waals surface area (Å²) in [6, 6.07) is 3.58. The standard InChI is InChI=1S/C13H20N2O3S/c1-13(2,9-16)15-11(17)6-3-7-14-12(18)10-5-4-8-19-10/h4-5,8,16H,3,6-7,9H2,1-2H3,(H,14,18)(H,15,17). The average Bonchev–Trinajstić information content (AvgIpc) is 2.87. The summed E-state index contributed by atoms with van der Waals surface area (Å²) < 4.78 is 0. The van der Waals surface area contributed by atoms with Crippen molar-refractivity contribution in [1.29, 1.82) is 0 Å². The van der Waals surface area contributed by atoms with E-state index in [4.69, 9.17) is 5.11 Å². The predicted octanol–water partition coefficient (Wildman–Crippen LogP) is 1.15. The first-order chi connectivity index (χ1) is 8.94. The van der Waals surface area contributed by atoms with E-state index in [1.807, 2.05) is 11.4 Å². The molecule has 0 radical (unpaired) electrons. The van der Waals surface area contributed by atoms with Gasteiger partial charge in [0, 0.05) is 13.0 Å². The lowest BCUT2D eigenvalue weighted by atomic mass is 10.1. The molecule has 1 aromatic heterocycles. The fourth-order valence-corrected chi connectivity index (χ4v) is 2.07. The summed E-state index contributed by atoms with van der Waals surface area (Å²) in [7, 11) is 0. The maximum absolute atomic E-state index is 11.6. The third kappa shape index (κ3) is 5.85. The number of aliphatic hydroxyl groups excluding tert-OH is 1. The molecule has 106 valence electrons. The summed E-state index contributed by atoms with van der Waals surface area (Å²) in [5.41, 5.74) is -0.600. The van der Waals surface area contributed by atoms with Crippen LogP contribution in [0.2, 0.25) is 0 Å². The Balaban J connectivity index is 2.17. The third-order valence-electron chi connectivity index (χ3n) is 2.48. The highest BCUT2D eigenvalue weighted by atomic mass is 32.1. The SMILES string of the molecule is CC(C)(CO)NC(=O)CCCNC(=O)c1cccs1. The Kier molecular flexibility index (Phi) is 5.98. The summed E-state index contributed by atoms with van der Waals surface area (Å²) >= 11 is 1.39. The average molecular weight is 284 g/mol. The number of hydrogen-bond donors (Lipinski definition) is 3. The van der Waals surface area contributed by atoms with Crippen molar-refractivity contribution >= 4 is 23.2 Å². The van der Waals surface area contributed by atoms with Crippen LogP contribution in [0.1, 0.15) is 36.4 Å². The van der Waals surface area contributed by atoms with Gasteiger partial charge < -0.3 is 15.7 Å². The van der Waals surface area contributed by atoms with Crippen molar-refractivity contribution in [2.24, 2.45) is 0 Å². The zero-order valence-electron chi connectivity index (χ0n) is 11.2. The highest BCUT2D eigenvalue weighted by Crippen LogP contribution is 2.07. The molecule has 0 aromatic carbocycles. The second-order valence-electron chi connectivity index (χ2n) is 4.93. The van der Waals surface area contributed by atoms with Gasteiger partial charge in [-0.2, -0.15) is 0 Å². The lowest BCUT2D eigenvalue weighted by molar-refractivity contribution is -0.123. The number of rotatable bonds is 7. The monoisotopic (exact) mass is 284 g/mol. The van der Waals surface area contributed by atoms with Crippen molar-refractivity contribution in [3.05, 3.63) is 22.4 Å². The maximum Gasteiger partial charge on any atom is 0.261 e. The van der Waals surface area contributed by atoms with Crippen LogP contribution in [0.4, 0.5) is 0 Å². The fraction of sp³-hybridized carbons (Fsp3) is 0.538. The summed E-state index contributed by atoms with van der Waals surface area (Å²) in [5, 5.41) is 16.4. The molecule has 0 bridgehead atoms. The van der Waals surface area contributed by atoms with Crippen LogP contribution in [0.3, 0.4) is 0 Å². The van der Waals surface area contributed by atoms with Gasteiger partial charge in [0.2, 0.25) is 5.91 Å². The predicted molar refractivity (Wildman–Crippen MR) is 75.2 cm³/mol. The highest BCUT2D eigenvalue weighted by molar-refractivity contribution is 7.12. The largest absolute Gasteiger partial charge is 0.394 e. The third-order valence-corrected chi connectivity index (χ3v) is 3.35. The van der Waals surface area contributed by atoms with Gasteiger partial charge in [-0.05, 0) is 31.7 Å². The molecule has 0 aliphatic carbocycles. The zero-order chi connectivity index (χ0) is 14.3. The molecule has 0 spiro atoms. The first-order valence-corrected chi connectivity index (χ1v) is 7.06. The lowest BCUT2D eigenvalue weighted by Crippen LogP contribution is -2.46. The fourth-order valence-electron chi connectivity index (χ4n) is 1.43. The van der Waals surface area contributed by atoms with E-state index in [0.717, 1.165) is 0 Å². The first kappa shape index (κ1) is 15.7. The van der Waals surface area contributed by atoms with Crippen LogP contribution in [-0.4, -0.2) is 35.6 Å². The second-order valence-corrected chi connectivity index (χ2v) is 5.87. The normalized spacial score (nSPS) is 11.1. The van der Waals surface area contributed by atoms with Crippen molar-refractivity contribution in [2.75, 3.05) is 13.2 Å². The van der Waals surface area contributed by atoms with Gasteiger partial charge in [-0.3, -0.25) is 9.59 Å². The Hall–Kier alpha value is -1.40. The molecular formula is C13H20N2O3S. The molecule has 6 heteroatoms. The Bertz CT molecular complexity index is 416. The van der Waals surface area contributed by atoms with Crippen LogP contribution in [0.15, 0.2) is 17.5 Å². The van der Waals surface area contributed by atoms with E-state index >= 15 is 0 Å². The van der Waals surface area contributed by atoms with Gasteiger partial charge in [0.25, 0.3) is 5.91 Å². The molecule has 1 heterocycles. The Morgan fingerprint density at radius 1 is 1.42 bits per heavy atom. The van der Waals surface area contributed by atoms with Crippen LogP contribution in [0, 0.1) is 0 Å². The first-order valence-electron chi connectivity index (χ1n) is 6.18. The molecule has 0 aliphatic rings. The van der Waals surface area contributed by atoms with E-state index in [-0.39, 0.29) is 18.4 Å². The molecule has 5 nitrogen and oxygen atoms in total. The summed E-state index contributed by atoms with van der Waals surface area (Å²) in [6.45, 7) is 3.87. The van der Waals surface area contributed by atoms with Gasteiger partial charge in [-0.1, -0.05) is 6.07 Å². The van der Waals surface area contributed by atoms with Crippen molar-refractivity contribution in [3.63, 3.8) is 0 Å². The number of nitrogens with one attached hydrogen (secondary N) is 2. The van der Waals surface area contributed by atoms with E-state index < -0.39 is 5.54 Å². The summed E-state index contributed by atoms with van der Waals surface area (Å²) in [6.07, 6.45) is 0.901. The minimum Gasteiger partial charge on any atom is -0.394 e. The van der Waals surface area contributed by atoms with Crippen molar-refractivity contribution in [1.82, 2.24) is 10.6 Å². The topological polar surface area (TPSA) is 78.4 Å². The molecule has 1 aromatic rings. The summed E-state index contributed by atoms with van der Waals surface area (Å²) in [4.78, 5) is 23.8. The Labute approximate surface area is 117 Å². The lowest BCUT2D eigenvalue weighted by Gasteiger charge is -2.23. The summed E-state index contributed by atoms with van der Waals surface area (Å²) in [5.74, 6) is -0.226. The van der Waals surface area contributed by atoms with Gasteiger partial charge in [-0.15, -0.1) is 11.3 Å². The number of hydrogen-bond acceptors (Lipinski definition) is 4. The molecule has 1 rings (SSSR count). The van der Waals surface area contributed by atoms with Crippen LogP contribution < -0.4 is 10.6 Å². The minimum absolute atomic E-state index is 0.103. The van der Waals surface area contributed by atoms with Crippen LogP contribution >= 0.6 is 11.3 Å². The molecular weight excluding hydrogens is 264 g/mol. The van der Waals surface area contributed by atoms with Gasteiger partial charge in [-0.25, -0.2) is 0 Å². The molecule has 0 fully saturated rings. The molecule has 0 atom stereocenters.